The van der Waals surface area contributed by atoms with Crippen LogP contribution in [0.25, 0.3) is 11.4 Å². The Kier molecular flexibility index (Phi) is 5.69. The van der Waals surface area contributed by atoms with Gasteiger partial charge in [0.1, 0.15) is 10.6 Å². The third-order valence-corrected chi connectivity index (χ3v) is 6.26. The summed E-state index contributed by atoms with van der Waals surface area (Å²) in [5.74, 6) is 0.849. The maximum Gasteiger partial charge on any atom is 0.346 e. The molecule has 0 aliphatic heterocycles. The van der Waals surface area contributed by atoms with Gasteiger partial charge in [-0.15, -0.1) is 5.10 Å². The van der Waals surface area contributed by atoms with Crippen molar-refractivity contribution in [2.75, 3.05) is 13.2 Å². The van der Waals surface area contributed by atoms with Crippen LogP contribution in [0.1, 0.15) is 25.8 Å². The number of pyridine rings is 1. The zero-order chi connectivity index (χ0) is 21.1. The Morgan fingerprint density at radius 1 is 1.20 bits per heavy atom. The van der Waals surface area contributed by atoms with Crippen LogP contribution < -0.4 is 15.1 Å². The van der Waals surface area contributed by atoms with E-state index < -0.39 is 10.0 Å². The first-order valence-corrected chi connectivity index (χ1v) is 11.3. The van der Waals surface area contributed by atoms with E-state index in [0.717, 1.165) is 18.4 Å². The number of nitrogens with one attached hydrogen (secondary N) is 1. The Morgan fingerprint density at radius 3 is 2.70 bits per heavy atom. The summed E-state index contributed by atoms with van der Waals surface area (Å²) < 4.78 is 36.3. The molecule has 158 valence electrons. The van der Waals surface area contributed by atoms with Crippen LogP contribution in [0.3, 0.4) is 0 Å². The average molecular weight is 430 g/mol. The van der Waals surface area contributed by atoms with Crippen molar-refractivity contribution in [2.24, 2.45) is 0 Å². The van der Waals surface area contributed by atoms with E-state index in [4.69, 9.17) is 4.74 Å². The van der Waals surface area contributed by atoms with Crippen molar-refractivity contribution < 1.29 is 13.2 Å². The monoisotopic (exact) mass is 429 g/mol. The zero-order valence-corrected chi connectivity index (χ0v) is 17.4. The molecule has 30 heavy (non-hydrogen) atoms. The predicted molar refractivity (Wildman–Crippen MR) is 111 cm³/mol. The van der Waals surface area contributed by atoms with Crippen LogP contribution in [0.4, 0.5) is 0 Å². The van der Waals surface area contributed by atoms with Crippen LogP contribution in [-0.4, -0.2) is 40.9 Å². The van der Waals surface area contributed by atoms with Gasteiger partial charge in [0.15, 0.2) is 5.82 Å². The molecular weight excluding hydrogens is 406 g/mol. The van der Waals surface area contributed by atoms with Crippen molar-refractivity contribution in [1.29, 1.82) is 0 Å². The fraction of sp³-hybridized carbons (Fsp3) is 0.350. The normalized spacial score (nSPS) is 14.0. The molecule has 1 aromatic carbocycles. The van der Waals surface area contributed by atoms with Crippen LogP contribution in [0.15, 0.2) is 58.5 Å². The molecule has 4 rings (SSSR count). The molecule has 2 aromatic heterocycles. The topological polar surface area (TPSA) is 108 Å². The van der Waals surface area contributed by atoms with Crippen LogP contribution in [0.5, 0.6) is 5.75 Å². The van der Waals surface area contributed by atoms with Crippen LogP contribution in [0.2, 0.25) is 0 Å². The SMILES string of the molecule is CCOc1ccccc1S(=O)(=O)NCCn1nc(-c2cccnc2)n(C2CC2)c1=O. The molecule has 0 atom stereocenters. The lowest BCUT2D eigenvalue weighted by molar-refractivity contribution is 0.331. The third kappa shape index (κ3) is 4.14. The smallest absolute Gasteiger partial charge is 0.346 e. The lowest BCUT2D eigenvalue weighted by Gasteiger charge is -2.11. The number of rotatable bonds is 9. The van der Waals surface area contributed by atoms with Gasteiger partial charge in [-0.3, -0.25) is 9.55 Å². The Labute approximate surface area is 174 Å². The summed E-state index contributed by atoms with van der Waals surface area (Å²) in [6.07, 6.45) is 5.19. The van der Waals surface area contributed by atoms with E-state index in [9.17, 15) is 13.2 Å². The summed E-state index contributed by atoms with van der Waals surface area (Å²) in [6.45, 7) is 2.29. The molecule has 0 saturated heterocycles. The Hall–Kier alpha value is -2.98. The van der Waals surface area contributed by atoms with E-state index in [1.165, 1.54) is 10.7 Å². The highest BCUT2D eigenvalue weighted by Crippen LogP contribution is 2.36. The number of hydrogen-bond donors (Lipinski definition) is 1. The van der Waals surface area contributed by atoms with Crippen molar-refractivity contribution >= 4 is 10.0 Å². The molecule has 1 N–H and O–H groups in total. The molecular formula is C20H23N5O4S. The van der Waals surface area contributed by atoms with Gasteiger partial charge in [-0.25, -0.2) is 22.6 Å². The maximum absolute atomic E-state index is 12.9. The second kappa shape index (κ2) is 8.41. The van der Waals surface area contributed by atoms with E-state index in [1.54, 1.807) is 48.1 Å². The fourth-order valence-corrected chi connectivity index (χ4v) is 4.40. The molecule has 0 unspecified atom stereocenters. The number of nitrogens with zero attached hydrogens (tertiary/aromatic N) is 4. The Bertz CT molecular complexity index is 1180. The molecule has 0 radical (unpaired) electrons. The highest BCUT2D eigenvalue weighted by atomic mass is 32.2. The van der Waals surface area contributed by atoms with Crippen molar-refractivity contribution in [1.82, 2.24) is 24.1 Å². The molecule has 9 nitrogen and oxygen atoms in total. The van der Waals surface area contributed by atoms with Gasteiger partial charge >= 0.3 is 5.69 Å². The van der Waals surface area contributed by atoms with Gasteiger partial charge in [0.25, 0.3) is 0 Å². The Morgan fingerprint density at radius 2 is 2.00 bits per heavy atom. The minimum Gasteiger partial charge on any atom is -0.492 e. The molecule has 3 aromatic rings. The van der Waals surface area contributed by atoms with E-state index >= 15 is 0 Å². The quantitative estimate of drug-likeness (QED) is 0.556. The van der Waals surface area contributed by atoms with E-state index in [0.29, 0.717) is 18.2 Å². The Balaban J connectivity index is 1.53. The maximum atomic E-state index is 12.9. The number of sulfonamides is 1. The highest BCUT2D eigenvalue weighted by molar-refractivity contribution is 7.89. The second-order valence-corrected chi connectivity index (χ2v) is 8.69. The molecule has 1 aliphatic carbocycles. The van der Waals surface area contributed by atoms with Gasteiger partial charge in [-0.05, 0) is 44.0 Å². The number of ether oxygens (including phenoxy) is 1. The van der Waals surface area contributed by atoms with Crippen molar-refractivity contribution in [3.8, 4) is 17.1 Å². The van der Waals surface area contributed by atoms with Crippen molar-refractivity contribution in [2.45, 2.75) is 37.2 Å². The van der Waals surface area contributed by atoms with Crippen LogP contribution >= 0.6 is 0 Å². The molecule has 1 fully saturated rings. The molecule has 0 bridgehead atoms. The number of benzene rings is 1. The molecule has 10 heteroatoms. The minimum absolute atomic E-state index is 0.0247. The summed E-state index contributed by atoms with van der Waals surface area (Å²) in [6, 6.07) is 10.2. The zero-order valence-electron chi connectivity index (χ0n) is 16.6. The third-order valence-electron chi connectivity index (χ3n) is 4.76. The van der Waals surface area contributed by atoms with Gasteiger partial charge in [0.05, 0.1) is 13.2 Å². The standard InChI is InChI=1S/C20H23N5O4S/c1-2-29-17-7-3-4-8-18(17)30(27,28)22-12-13-24-20(26)25(16-9-10-16)19(23-24)15-6-5-11-21-14-15/h3-8,11,14,16,22H,2,9-10,12-13H2,1H3. The van der Waals surface area contributed by atoms with E-state index in [2.05, 4.69) is 14.8 Å². The first kappa shape index (κ1) is 20.3. The first-order valence-electron chi connectivity index (χ1n) is 9.82. The van der Waals surface area contributed by atoms with Gasteiger partial charge in [0, 0.05) is 30.5 Å². The first-order chi connectivity index (χ1) is 14.5. The number of para-hydroxylation sites is 1. The number of aromatic nitrogens is 4. The van der Waals surface area contributed by atoms with Crippen molar-refractivity contribution in [3.05, 3.63) is 59.3 Å². The molecule has 0 amide bonds. The summed E-state index contributed by atoms with van der Waals surface area (Å²) >= 11 is 0. The van der Waals surface area contributed by atoms with E-state index in [-0.39, 0.29) is 29.7 Å². The largest absolute Gasteiger partial charge is 0.492 e. The van der Waals surface area contributed by atoms with Gasteiger partial charge < -0.3 is 4.74 Å². The van der Waals surface area contributed by atoms with Crippen LogP contribution in [0, 0.1) is 0 Å². The lowest BCUT2D eigenvalue weighted by Crippen LogP contribution is -2.32. The van der Waals surface area contributed by atoms with Crippen LogP contribution in [-0.2, 0) is 16.6 Å². The second-order valence-electron chi connectivity index (χ2n) is 6.95. The predicted octanol–water partition coefficient (Wildman–Crippen LogP) is 1.82. The van der Waals surface area contributed by atoms with Gasteiger partial charge in [-0.1, -0.05) is 12.1 Å². The van der Waals surface area contributed by atoms with Crippen molar-refractivity contribution in [3.63, 3.8) is 0 Å². The molecule has 1 aliphatic rings. The van der Waals surface area contributed by atoms with Gasteiger partial charge in [0.2, 0.25) is 10.0 Å². The summed E-state index contributed by atoms with van der Waals surface area (Å²) in [5.41, 5.74) is 0.511. The number of hydrogen-bond acceptors (Lipinski definition) is 6. The summed E-state index contributed by atoms with van der Waals surface area (Å²) in [4.78, 5) is 17.0. The highest BCUT2D eigenvalue weighted by Gasteiger charge is 2.30. The lowest BCUT2D eigenvalue weighted by atomic mass is 10.3. The minimum atomic E-state index is -3.79. The molecule has 0 spiro atoms. The average Bonchev–Trinajstić information content (AvgIpc) is 3.53. The summed E-state index contributed by atoms with van der Waals surface area (Å²) in [7, 11) is -3.79. The fourth-order valence-electron chi connectivity index (χ4n) is 3.23. The summed E-state index contributed by atoms with van der Waals surface area (Å²) in [5, 5.41) is 4.45. The van der Waals surface area contributed by atoms with Gasteiger partial charge in [-0.2, -0.15) is 0 Å². The van der Waals surface area contributed by atoms with E-state index in [1.807, 2.05) is 6.07 Å². The molecule has 2 heterocycles. The molecule has 1 saturated carbocycles.